The molecule has 230 valence electrons. The first-order chi connectivity index (χ1) is 21.8. The Kier molecular flexibility index (Phi) is 7.49. The number of imidazole rings is 1. The first-order valence-electron chi connectivity index (χ1n) is 15.9. The van der Waals surface area contributed by atoms with Crippen molar-refractivity contribution in [3.05, 3.63) is 84.6 Å². The number of nitrogens with two attached hydrogens (primary N) is 2. The summed E-state index contributed by atoms with van der Waals surface area (Å²) in [5.41, 5.74) is 20.1. The van der Waals surface area contributed by atoms with Crippen LogP contribution in [-0.2, 0) is 10.3 Å². The van der Waals surface area contributed by atoms with E-state index in [1.54, 1.807) is 6.20 Å². The highest BCUT2D eigenvalue weighted by Crippen LogP contribution is 2.39. The van der Waals surface area contributed by atoms with Crippen LogP contribution in [0.15, 0.2) is 79.0 Å². The fourth-order valence-corrected chi connectivity index (χ4v) is 6.60. The van der Waals surface area contributed by atoms with Crippen molar-refractivity contribution in [2.75, 3.05) is 23.7 Å². The Morgan fingerprint density at radius 1 is 0.956 bits per heavy atom. The van der Waals surface area contributed by atoms with Crippen molar-refractivity contribution in [3.63, 3.8) is 0 Å². The van der Waals surface area contributed by atoms with Crippen molar-refractivity contribution >= 4 is 28.6 Å². The van der Waals surface area contributed by atoms with Crippen LogP contribution in [-0.4, -0.2) is 44.6 Å². The van der Waals surface area contributed by atoms with Crippen molar-refractivity contribution < 1.29 is 4.79 Å². The van der Waals surface area contributed by atoms with Gasteiger partial charge in [0.25, 0.3) is 0 Å². The zero-order chi connectivity index (χ0) is 31.1. The molecule has 7 rings (SSSR count). The molecule has 2 fully saturated rings. The summed E-state index contributed by atoms with van der Waals surface area (Å²) in [5, 5.41) is 3.07. The molecule has 45 heavy (non-hydrogen) atoms. The molecule has 0 bridgehead atoms. The molecule has 4 heterocycles. The molecule has 9 heteroatoms. The van der Waals surface area contributed by atoms with Gasteiger partial charge in [-0.1, -0.05) is 24.3 Å². The highest BCUT2D eigenvalue weighted by atomic mass is 16.1. The lowest BCUT2D eigenvalue weighted by atomic mass is 9.73. The molecule has 1 amide bonds. The van der Waals surface area contributed by atoms with Gasteiger partial charge in [0.15, 0.2) is 11.5 Å². The predicted octanol–water partition coefficient (Wildman–Crippen LogP) is 5.81. The van der Waals surface area contributed by atoms with Gasteiger partial charge < -0.3 is 21.7 Å². The third-order valence-corrected chi connectivity index (χ3v) is 9.33. The van der Waals surface area contributed by atoms with Gasteiger partial charge >= 0.3 is 0 Å². The lowest BCUT2D eigenvalue weighted by Crippen LogP contribution is -2.43. The van der Waals surface area contributed by atoms with E-state index >= 15 is 0 Å². The number of hydrogen-bond acceptors (Lipinski definition) is 7. The fraction of sp³-hybridized carbons (Fsp3) is 0.333. The van der Waals surface area contributed by atoms with Crippen molar-refractivity contribution in [1.82, 2.24) is 24.8 Å². The van der Waals surface area contributed by atoms with Crippen LogP contribution in [0, 0.1) is 5.92 Å². The quantitative estimate of drug-likeness (QED) is 0.215. The minimum Gasteiger partial charge on any atom is -0.383 e. The molecule has 5 N–H and O–H groups in total. The van der Waals surface area contributed by atoms with Crippen LogP contribution in [0.25, 0.3) is 39.5 Å². The molecule has 0 atom stereocenters. The lowest BCUT2D eigenvalue weighted by Gasteiger charge is -2.38. The normalized spacial score (nSPS) is 16.6. The van der Waals surface area contributed by atoms with Gasteiger partial charge in [0.05, 0.1) is 11.3 Å². The number of carbonyl (C=O) groups is 1. The van der Waals surface area contributed by atoms with Crippen LogP contribution >= 0.6 is 0 Å². The predicted molar refractivity (Wildman–Crippen MR) is 180 cm³/mol. The molecule has 0 radical (unpaired) electrons. The fourth-order valence-electron chi connectivity index (χ4n) is 6.60. The molecule has 1 saturated carbocycles. The number of fused-ring (bicyclic) bond motifs is 1. The second-order valence-electron chi connectivity index (χ2n) is 12.8. The molecular formula is C36H40N8O. The molecule has 0 spiro atoms. The summed E-state index contributed by atoms with van der Waals surface area (Å²) in [6, 6.07) is 25.0. The summed E-state index contributed by atoms with van der Waals surface area (Å²) >= 11 is 0. The maximum atomic E-state index is 12.6. The van der Waals surface area contributed by atoms with E-state index in [-0.39, 0.29) is 23.4 Å². The van der Waals surface area contributed by atoms with E-state index in [4.69, 9.17) is 21.4 Å². The van der Waals surface area contributed by atoms with Gasteiger partial charge in [-0.15, -0.1) is 0 Å². The highest BCUT2D eigenvalue weighted by molar-refractivity contribution is 5.85. The van der Waals surface area contributed by atoms with Gasteiger partial charge in [-0.05, 0) is 100 Å². The second-order valence-corrected chi connectivity index (χ2v) is 12.8. The molecular weight excluding hydrogens is 560 g/mol. The highest BCUT2D eigenvalue weighted by Gasteiger charge is 2.34. The van der Waals surface area contributed by atoms with Crippen molar-refractivity contribution in [1.29, 1.82) is 0 Å². The number of carbonyl (C=O) groups excluding carboxylic acids is 1. The summed E-state index contributed by atoms with van der Waals surface area (Å²) in [7, 11) is 0. The molecule has 1 aliphatic heterocycles. The van der Waals surface area contributed by atoms with Gasteiger partial charge in [-0.2, -0.15) is 0 Å². The Bertz CT molecular complexity index is 1850. The standard InChI is InChI=1S/C36H40N8O/c1-23(2)40-35(45)24-15-20-43(21-16-24)28-7-3-6-25(22-28)30-13-14-31-34(41-30)44(33(42-31)29-8-4-19-39-32(29)37)27-11-9-26(10-12-27)36(38)17-5-18-36/h3-4,6-14,19,22-24H,5,15-18,20-21,38H2,1-2H3,(H2,37,39)(H,40,45). The van der Waals surface area contributed by atoms with E-state index in [1.807, 2.05) is 38.1 Å². The maximum Gasteiger partial charge on any atom is 0.223 e. The van der Waals surface area contributed by atoms with Gasteiger partial charge in [-0.25, -0.2) is 15.0 Å². The summed E-state index contributed by atoms with van der Waals surface area (Å²) in [4.78, 5) is 29.4. The van der Waals surface area contributed by atoms with Crippen LogP contribution in [0.1, 0.15) is 51.5 Å². The third-order valence-electron chi connectivity index (χ3n) is 9.33. The average Bonchev–Trinajstić information content (AvgIpc) is 3.42. The third kappa shape index (κ3) is 5.53. The van der Waals surface area contributed by atoms with Crippen molar-refractivity contribution in [2.45, 2.75) is 57.5 Å². The molecule has 1 aliphatic carbocycles. The van der Waals surface area contributed by atoms with E-state index < -0.39 is 0 Å². The minimum absolute atomic E-state index is 0.0670. The van der Waals surface area contributed by atoms with Crippen LogP contribution < -0.4 is 21.7 Å². The zero-order valence-corrected chi connectivity index (χ0v) is 25.9. The number of hydrogen-bond donors (Lipinski definition) is 3. The molecule has 5 aromatic rings. The maximum absolute atomic E-state index is 12.6. The number of aromatic nitrogens is 4. The van der Waals surface area contributed by atoms with E-state index in [0.29, 0.717) is 11.6 Å². The van der Waals surface area contributed by atoms with Gasteiger partial charge in [0, 0.05) is 53.7 Å². The number of pyridine rings is 2. The van der Waals surface area contributed by atoms with Crippen LogP contribution in [0.4, 0.5) is 11.5 Å². The summed E-state index contributed by atoms with van der Waals surface area (Å²) in [5.74, 6) is 1.34. The molecule has 0 unspecified atom stereocenters. The summed E-state index contributed by atoms with van der Waals surface area (Å²) in [6.07, 6.45) is 6.55. The number of rotatable bonds is 7. The molecule has 2 aliphatic rings. The summed E-state index contributed by atoms with van der Waals surface area (Å²) in [6.45, 7) is 5.70. The number of anilines is 2. The molecule has 1 saturated heterocycles. The Labute approximate surface area is 263 Å². The number of nitrogens with zero attached hydrogens (tertiary/aromatic N) is 5. The number of nitrogens with one attached hydrogen (secondary N) is 1. The Morgan fingerprint density at radius 3 is 2.42 bits per heavy atom. The van der Waals surface area contributed by atoms with Gasteiger partial charge in [-0.3, -0.25) is 9.36 Å². The van der Waals surface area contributed by atoms with Gasteiger partial charge in [0.1, 0.15) is 11.3 Å². The van der Waals surface area contributed by atoms with E-state index in [1.165, 1.54) is 0 Å². The second kappa shape index (κ2) is 11.6. The number of benzene rings is 2. The molecule has 9 nitrogen and oxygen atoms in total. The van der Waals surface area contributed by atoms with E-state index in [0.717, 1.165) is 90.1 Å². The summed E-state index contributed by atoms with van der Waals surface area (Å²) < 4.78 is 2.07. The number of amides is 1. The monoisotopic (exact) mass is 600 g/mol. The minimum atomic E-state index is -0.238. The Hall–Kier alpha value is -4.76. The Morgan fingerprint density at radius 2 is 1.73 bits per heavy atom. The van der Waals surface area contributed by atoms with Crippen molar-refractivity contribution in [2.24, 2.45) is 11.7 Å². The smallest absolute Gasteiger partial charge is 0.223 e. The zero-order valence-electron chi connectivity index (χ0n) is 25.9. The average molecular weight is 601 g/mol. The number of nitrogen functional groups attached to an aromatic ring is 1. The molecule has 3 aromatic heterocycles. The van der Waals surface area contributed by atoms with E-state index in [2.05, 4.69) is 68.3 Å². The van der Waals surface area contributed by atoms with Gasteiger partial charge in [0.2, 0.25) is 5.91 Å². The topological polar surface area (TPSA) is 128 Å². The lowest BCUT2D eigenvalue weighted by molar-refractivity contribution is -0.126. The SMILES string of the molecule is CC(C)NC(=O)C1CCN(c2cccc(-c3ccc4nc(-c5cccnc5N)n(-c5ccc(C6(N)CCC6)cc5)c4n3)c2)CC1. The largest absolute Gasteiger partial charge is 0.383 e. The first kappa shape index (κ1) is 29.0. The molecule has 2 aromatic carbocycles. The Balaban J connectivity index is 1.24. The number of piperidine rings is 1. The first-order valence-corrected chi connectivity index (χ1v) is 15.9. The van der Waals surface area contributed by atoms with Crippen molar-refractivity contribution in [3.8, 4) is 28.3 Å². The van der Waals surface area contributed by atoms with Crippen LogP contribution in [0.5, 0.6) is 0 Å². The van der Waals surface area contributed by atoms with Crippen LogP contribution in [0.2, 0.25) is 0 Å². The van der Waals surface area contributed by atoms with Crippen LogP contribution in [0.3, 0.4) is 0 Å². The van der Waals surface area contributed by atoms with E-state index in [9.17, 15) is 4.79 Å².